The second kappa shape index (κ2) is 6.60. The Hall–Kier alpha value is -0.770. The third-order valence-corrected chi connectivity index (χ3v) is 3.25. The Labute approximate surface area is 124 Å². The van der Waals surface area contributed by atoms with Crippen molar-refractivity contribution in [3.63, 3.8) is 0 Å². The molecule has 106 valence electrons. The third-order valence-electron chi connectivity index (χ3n) is 2.54. The van der Waals surface area contributed by atoms with E-state index < -0.39 is 0 Å². The van der Waals surface area contributed by atoms with Crippen LogP contribution >= 0.6 is 23.2 Å². The number of rotatable bonds is 4. The van der Waals surface area contributed by atoms with Gasteiger partial charge >= 0.3 is 0 Å². The maximum absolute atomic E-state index is 11.9. The van der Waals surface area contributed by atoms with Gasteiger partial charge in [-0.05, 0) is 39.8 Å². The van der Waals surface area contributed by atoms with Gasteiger partial charge in [0.15, 0.2) is 0 Å². The maximum atomic E-state index is 11.9. The first-order valence-electron chi connectivity index (χ1n) is 6.19. The molecular weight excluding hydrogens is 283 g/mol. The Kier molecular flexibility index (Phi) is 5.65. The Morgan fingerprint density at radius 2 is 1.79 bits per heavy atom. The number of carbonyl (C=O) groups excluding carboxylic acids is 1. The van der Waals surface area contributed by atoms with E-state index >= 15 is 0 Å². The molecule has 0 aliphatic rings. The van der Waals surface area contributed by atoms with Crippen LogP contribution in [-0.4, -0.2) is 17.5 Å². The summed E-state index contributed by atoms with van der Waals surface area (Å²) in [4.78, 5) is 11.9. The Balaban J connectivity index is 2.59. The minimum atomic E-state index is -0.313. The van der Waals surface area contributed by atoms with Gasteiger partial charge in [0, 0.05) is 27.7 Å². The zero-order valence-corrected chi connectivity index (χ0v) is 13.2. The molecule has 1 rings (SSSR count). The molecule has 1 aromatic rings. The molecule has 0 aromatic heterocycles. The van der Waals surface area contributed by atoms with Crippen molar-refractivity contribution in [2.45, 2.75) is 45.8 Å². The van der Waals surface area contributed by atoms with Crippen molar-refractivity contribution in [1.82, 2.24) is 10.6 Å². The molecule has 0 heterocycles. The number of benzene rings is 1. The second-order valence-corrected chi connectivity index (χ2v) is 6.36. The predicted octanol–water partition coefficient (Wildman–Crippen LogP) is 3.39. The molecule has 1 amide bonds. The van der Waals surface area contributed by atoms with Gasteiger partial charge in [0.05, 0.1) is 6.04 Å². The molecule has 0 aliphatic carbocycles. The SMILES string of the molecule is CC(NCc1c(Cl)cccc1Cl)C(=O)NC(C)(C)C. The van der Waals surface area contributed by atoms with Crippen LogP contribution < -0.4 is 10.6 Å². The lowest BCUT2D eigenvalue weighted by Gasteiger charge is -2.24. The standard InChI is InChI=1S/C14H20Cl2N2O/c1-9(13(19)18-14(2,3)4)17-8-10-11(15)6-5-7-12(10)16/h5-7,9,17H,8H2,1-4H3,(H,18,19). The van der Waals surface area contributed by atoms with Crippen LogP contribution in [0, 0.1) is 0 Å². The van der Waals surface area contributed by atoms with Crippen molar-refractivity contribution in [2.24, 2.45) is 0 Å². The fourth-order valence-corrected chi connectivity index (χ4v) is 2.06. The first-order chi connectivity index (χ1) is 8.70. The van der Waals surface area contributed by atoms with Crippen molar-refractivity contribution in [1.29, 1.82) is 0 Å². The quantitative estimate of drug-likeness (QED) is 0.895. The second-order valence-electron chi connectivity index (χ2n) is 5.54. The molecule has 19 heavy (non-hydrogen) atoms. The lowest BCUT2D eigenvalue weighted by molar-refractivity contribution is -0.124. The highest BCUT2D eigenvalue weighted by atomic mass is 35.5. The minimum absolute atomic E-state index is 0.0457. The van der Waals surface area contributed by atoms with E-state index in [0.717, 1.165) is 5.56 Å². The number of amides is 1. The third kappa shape index (κ3) is 5.39. The Morgan fingerprint density at radius 1 is 1.26 bits per heavy atom. The van der Waals surface area contributed by atoms with Gasteiger partial charge in [-0.1, -0.05) is 29.3 Å². The molecule has 0 saturated carbocycles. The highest BCUT2D eigenvalue weighted by Crippen LogP contribution is 2.23. The lowest BCUT2D eigenvalue weighted by Crippen LogP contribution is -2.49. The Morgan fingerprint density at radius 3 is 2.26 bits per heavy atom. The number of hydrogen-bond donors (Lipinski definition) is 2. The van der Waals surface area contributed by atoms with Gasteiger partial charge in [-0.3, -0.25) is 4.79 Å². The van der Waals surface area contributed by atoms with Crippen molar-refractivity contribution < 1.29 is 4.79 Å². The van der Waals surface area contributed by atoms with Crippen LogP contribution in [0.2, 0.25) is 10.0 Å². The highest BCUT2D eigenvalue weighted by molar-refractivity contribution is 6.35. The molecule has 5 heteroatoms. The zero-order valence-electron chi connectivity index (χ0n) is 11.7. The van der Waals surface area contributed by atoms with E-state index in [9.17, 15) is 4.79 Å². The molecule has 0 saturated heterocycles. The monoisotopic (exact) mass is 302 g/mol. The van der Waals surface area contributed by atoms with Gasteiger partial charge in [-0.25, -0.2) is 0 Å². The molecule has 0 bridgehead atoms. The molecule has 0 aliphatic heterocycles. The summed E-state index contributed by atoms with van der Waals surface area (Å²) in [5, 5.41) is 7.24. The average molecular weight is 303 g/mol. The van der Waals surface area contributed by atoms with Crippen LogP contribution in [0.1, 0.15) is 33.3 Å². The van der Waals surface area contributed by atoms with Gasteiger partial charge in [0.25, 0.3) is 0 Å². The predicted molar refractivity (Wildman–Crippen MR) is 80.7 cm³/mol. The van der Waals surface area contributed by atoms with Crippen LogP contribution in [0.5, 0.6) is 0 Å². The van der Waals surface area contributed by atoms with Gasteiger partial charge in [-0.15, -0.1) is 0 Å². The van der Waals surface area contributed by atoms with Crippen molar-refractivity contribution in [3.05, 3.63) is 33.8 Å². The number of nitrogens with one attached hydrogen (secondary N) is 2. The van der Waals surface area contributed by atoms with Crippen LogP contribution in [0.4, 0.5) is 0 Å². The summed E-state index contributed by atoms with van der Waals surface area (Å²) in [6, 6.07) is 5.05. The van der Waals surface area contributed by atoms with Crippen molar-refractivity contribution in [2.75, 3.05) is 0 Å². The summed E-state index contributed by atoms with van der Waals surface area (Å²) < 4.78 is 0. The Bertz CT molecular complexity index is 435. The van der Waals surface area contributed by atoms with E-state index in [4.69, 9.17) is 23.2 Å². The van der Waals surface area contributed by atoms with E-state index in [1.807, 2.05) is 27.7 Å². The normalized spacial score (nSPS) is 13.2. The summed E-state index contributed by atoms with van der Waals surface area (Å²) in [6.07, 6.45) is 0. The number of carbonyl (C=O) groups is 1. The summed E-state index contributed by atoms with van der Waals surface area (Å²) >= 11 is 12.1. The number of halogens is 2. The largest absolute Gasteiger partial charge is 0.350 e. The summed E-state index contributed by atoms with van der Waals surface area (Å²) in [5.74, 6) is -0.0457. The highest BCUT2D eigenvalue weighted by Gasteiger charge is 2.19. The van der Waals surface area contributed by atoms with E-state index in [2.05, 4.69) is 10.6 Å². The van der Waals surface area contributed by atoms with E-state index in [0.29, 0.717) is 16.6 Å². The van der Waals surface area contributed by atoms with Crippen LogP contribution in [0.15, 0.2) is 18.2 Å². The van der Waals surface area contributed by atoms with Crippen LogP contribution in [0.25, 0.3) is 0 Å². The van der Waals surface area contributed by atoms with E-state index in [-0.39, 0.29) is 17.5 Å². The molecule has 1 unspecified atom stereocenters. The van der Waals surface area contributed by atoms with Crippen molar-refractivity contribution >= 4 is 29.1 Å². The van der Waals surface area contributed by atoms with Crippen LogP contribution in [0.3, 0.4) is 0 Å². The van der Waals surface area contributed by atoms with Gasteiger partial charge in [0.1, 0.15) is 0 Å². The summed E-state index contributed by atoms with van der Waals surface area (Å²) in [6.45, 7) is 8.11. The molecule has 0 spiro atoms. The minimum Gasteiger partial charge on any atom is -0.350 e. The molecule has 1 atom stereocenters. The zero-order chi connectivity index (χ0) is 14.6. The smallest absolute Gasteiger partial charge is 0.237 e. The average Bonchev–Trinajstić information content (AvgIpc) is 2.25. The fraction of sp³-hybridized carbons (Fsp3) is 0.500. The maximum Gasteiger partial charge on any atom is 0.237 e. The van der Waals surface area contributed by atoms with E-state index in [1.165, 1.54) is 0 Å². The molecular formula is C14H20Cl2N2O. The van der Waals surface area contributed by atoms with Gasteiger partial charge < -0.3 is 10.6 Å². The molecule has 0 fully saturated rings. The van der Waals surface area contributed by atoms with Gasteiger partial charge in [0.2, 0.25) is 5.91 Å². The van der Waals surface area contributed by atoms with Crippen LogP contribution in [-0.2, 0) is 11.3 Å². The molecule has 1 aromatic carbocycles. The topological polar surface area (TPSA) is 41.1 Å². The van der Waals surface area contributed by atoms with Crippen molar-refractivity contribution in [3.8, 4) is 0 Å². The molecule has 3 nitrogen and oxygen atoms in total. The fourth-order valence-electron chi connectivity index (χ4n) is 1.53. The molecule has 0 radical (unpaired) electrons. The first-order valence-corrected chi connectivity index (χ1v) is 6.94. The summed E-state index contributed by atoms with van der Waals surface area (Å²) in [5.41, 5.74) is 0.566. The molecule has 2 N–H and O–H groups in total. The summed E-state index contributed by atoms with van der Waals surface area (Å²) in [7, 11) is 0. The van der Waals surface area contributed by atoms with Gasteiger partial charge in [-0.2, -0.15) is 0 Å². The van der Waals surface area contributed by atoms with E-state index in [1.54, 1.807) is 18.2 Å². The number of hydrogen-bond acceptors (Lipinski definition) is 2. The first kappa shape index (κ1) is 16.3. The lowest BCUT2D eigenvalue weighted by atomic mass is 10.1.